The SMILES string of the molecule is CC1(C)COC(=O)N[C@@H]1c1cc(F)cc(Cl)c1. The van der Waals surface area contributed by atoms with Gasteiger partial charge in [0, 0.05) is 10.4 Å². The van der Waals surface area contributed by atoms with Crippen molar-refractivity contribution in [1.82, 2.24) is 5.32 Å². The van der Waals surface area contributed by atoms with Crippen LogP contribution in [-0.4, -0.2) is 12.7 Å². The third kappa shape index (κ3) is 2.52. The molecule has 1 aromatic rings. The maximum absolute atomic E-state index is 13.3. The van der Waals surface area contributed by atoms with Crippen LogP contribution < -0.4 is 5.32 Å². The number of hydrogen-bond acceptors (Lipinski definition) is 2. The van der Waals surface area contributed by atoms with Crippen LogP contribution in [-0.2, 0) is 4.74 Å². The number of nitrogens with one attached hydrogen (secondary N) is 1. The molecule has 1 saturated heterocycles. The molecule has 0 spiro atoms. The summed E-state index contributed by atoms with van der Waals surface area (Å²) in [7, 11) is 0. The van der Waals surface area contributed by atoms with Crippen LogP contribution in [0.15, 0.2) is 18.2 Å². The lowest BCUT2D eigenvalue weighted by molar-refractivity contribution is 0.0386. The molecule has 1 N–H and O–H groups in total. The van der Waals surface area contributed by atoms with Crippen molar-refractivity contribution in [2.45, 2.75) is 19.9 Å². The smallest absolute Gasteiger partial charge is 0.407 e. The lowest BCUT2D eigenvalue weighted by atomic mass is 9.80. The molecule has 1 aliphatic rings. The fraction of sp³-hybridized carbons (Fsp3) is 0.417. The highest BCUT2D eigenvalue weighted by atomic mass is 35.5. The zero-order valence-electron chi connectivity index (χ0n) is 9.59. The van der Waals surface area contributed by atoms with Crippen LogP contribution in [0.2, 0.25) is 5.02 Å². The summed E-state index contributed by atoms with van der Waals surface area (Å²) in [4.78, 5) is 11.2. The van der Waals surface area contributed by atoms with Gasteiger partial charge in [0.15, 0.2) is 0 Å². The van der Waals surface area contributed by atoms with E-state index in [4.69, 9.17) is 16.3 Å². The first kappa shape index (κ1) is 12.2. The molecule has 17 heavy (non-hydrogen) atoms. The van der Waals surface area contributed by atoms with Crippen molar-refractivity contribution in [2.75, 3.05) is 6.61 Å². The van der Waals surface area contributed by atoms with Crippen molar-refractivity contribution in [3.05, 3.63) is 34.6 Å². The number of benzene rings is 1. The van der Waals surface area contributed by atoms with Crippen LogP contribution in [0.5, 0.6) is 0 Å². The average Bonchev–Trinajstić information content (AvgIpc) is 2.20. The van der Waals surface area contributed by atoms with Crippen LogP contribution in [0.4, 0.5) is 9.18 Å². The van der Waals surface area contributed by atoms with E-state index in [9.17, 15) is 9.18 Å². The van der Waals surface area contributed by atoms with Crippen molar-refractivity contribution in [3.8, 4) is 0 Å². The van der Waals surface area contributed by atoms with E-state index < -0.39 is 11.9 Å². The minimum Gasteiger partial charge on any atom is -0.449 e. The zero-order chi connectivity index (χ0) is 12.6. The molecule has 0 radical (unpaired) electrons. The van der Waals surface area contributed by atoms with E-state index in [1.54, 1.807) is 6.07 Å². The van der Waals surface area contributed by atoms with E-state index in [-0.39, 0.29) is 18.1 Å². The Morgan fingerprint density at radius 2 is 2.18 bits per heavy atom. The third-order valence-electron chi connectivity index (χ3n) is 2.84. The lowest BCUT2D eigenvalue weighted by Gasteiger charge is -2.38. The molecule has 92 valence electrons. The highest BCUT2D eigenvalue weighted by Crippen LogP contribution is 2.37. The highest BCUT2D eigenvalue weighted by molar-refractivity contribution is 6.30. The summed E-state index contributed by atoms with van der Waals surface area (Å²) in [5, 5.41) is 3.01. The van der Waals surface area contributed by atoms with Gasteiger partial charge in [0.1, 0.15) is 12.4 Å². The van der Waals surface area contributed by atoms with Crippen LogP contribution in [0, 0.1) is 11.2 Å². The number of halogens is 2. The summed E-state index contributed by atoms with van der Waals surface area (Å²) in [6, 6.07) is 3.96. The Morgan fingerprint density at radius 3 is 2.82 bits per heavy atom. The molecule has 1 aliphatic heterocycles. The minimum absolute atomic E-state index is 0.289. The number of amides is 1. The Bertz CT molecular complexity index is 442. The fourth-order valence-corrected chi connectivity index (χ4v) is 2.20. The van der Waals surface area contributed by atoms with E-state index in [2.05, 4.69) is 5.32 Å². The summed E-state index contributed by atoms with van der Waals surface area (Å²) in [5.74, 6) is -0.413. The molecule has 0 aromatic heterocycles. The fourth-order valence-electron chi connectivity index (χ4n) is 1.97. The Balaban J connectivity index is 2.39. The number of rotatable bonds is 1. The predicted octanol–water partition coefficient (Wildman–Crippen LogP) is 3.29. The normalized spacial score (nSPS) is 22.8. The van der Waals surface area contributed by atoms with E-state index in [0.29, 0.717) is 10.6 Å². The molecule has 1 fully saturated rings. The second-order valence-electron chi connectivity index (χ2n) is 4.84. The maximum Gasteiger partial charge on any atom is 0.407 e. The molecule has 0 unspecified atom stereocenters. The van der Waals surface area contributed by atoms with Gasteiger partial charge in [-0.3, -0.25) is 0 Å². The van der Waals surface area contributed by atoms with Crippen LogP contribution in [0.1, 0.15) is 25.5 Å². The number of carbonyl (C=O) groups excluding carboxylic acids is 1. The van der Waals surface area contributed by atoms with Crippen molar-refractivity contribution >= 4 is 17.7 Å². The first-order valence-electron chi connectivity index (χ1n) is 5.28. The summed E-state index contributed by atoms with van der Waals surface area (Å²) in [5.41, 5.74) is 0.335. The van der Waals surface area contributed by atoms with Crippen molar-refractivity contribution < 1.29 is 13.9 Å². The molecular weight excluding hydrogens is 245 g/mol. The van der Waals surface area contributed by atoms with Gasteiger partial charge in [0.2, 0.25) is 0 Å². The topological polar surface area (TPSA) is 38.3 Å². The Kier molecular flexibility index (Phi) is 3.00. The molecule has 0 saturated carbocycles. The average molecular weight is 258 g/mol. The van der Waals surface area contributed by atoms with Crippen LogP contribution in [0.3, 0.4) is 0 Å². The number of hydrogen-bond donors (Lipinski definition) is 1. The summed E-state index contributed by atoms with van der Waals surface area (Å²) < 4.78 is 18.2. The van der Waals surface area contributed by atoms with Crippen molar-refractivity contribution in [3.63, 3.8) is 0 Å². The van der Waals surface area contributed by atoms with Gasteiger partial charge in [0.25, 0.3) is 0 Å². The van der Waals surface area contributed by atoms with Crippen molar-refractivity contribution in [2.24, 2.45) is 5.41 Å². The summed E-state index contributed by atoms with van der Waals surface area (Å²) in [6.45, 7) is 4.17. The molecule has 1 heterocycles. The van der Waals surface area contributed by atoms with Gasteiger partial charge in [-0.05, 0) is 23.8 Å². The summed E-state index contributed by atoms with van der Waals surface area (Å²) >= 11 is 5.81. The largest absolute Gasteiger partial charge is 0.449 e. The monoisotopic (exact) mass is 257 g/mol. The Labute approximate surface area is 104 Å². The Hall–Kier alpha value is -1.29. The second-order valence-corrected chi connectivity index (χ2v) is 5.28. The third-order valence-corrected chi connectivity index (χ3v) is 3.06. The van der Waals surface area contributed by atoms with E-state index in [0.717, 1.165) is 0 Å². The van der Waals surface area contributed by atoms with E-state index in [1.165, 1.54) is 12.1 Å². The highest BCUT2D eigenvalue weighted by Gasteiger charge is 2.38. The molecule has 0 aliphatic carbocycles. The number of ether oxygens (including phenoxy) is 1. The quantitative estimate of drug-likeness (QED) is 0.838. The predicted molar refractivity (Wildman–Crippen MR) is 62.4 cm³/mol. The zero-order valence-corrected chi connectivity index (χ0v) is 10.3. The second kappa shape index (κ2) is 4.18. The van der Waals surface area contributed by atoms with Gasteiger partial charge in [-0.25, -0.2) is 9.18 Å². The van der Waals surface area contributed by atoms with Gasteiger partial charge in [-0.15, -0.1) is 0 Å². The molecule has 1 atom stereocenters. The van der Waals surface area contributed by atoms with Crippen molar-refractivity contribution in [1.29, 1.82) is 0 Å². The number of alkyl carbamates (subject to hydrolysis) is 1. The molecule has 0 bridgehead atoms. The maximum atomic E-state index is 13.3. The first-order valence-corrected chi connectivity index (χ1v) is 5.65. The molecule has 3 nitrogen and oxygen atoms in total. The van der Waals surface area contributed by atoms with Gasteiger partial charge in [-0.1, -0.05) is 25.4 Å². The lowest BCUT2D eigenvalue weighted by Crippen LogP contribution is -2.46. The standard InChI is InChI=1S/C12H13ClFNO2/c1-12(2)6-17-11(16)15-10(12)7-3-8(13)5-9(14)4-7/h3-5,10H,6H2,1-2H3,(H,15,16)/t10-/m1/s1. The van der Waals surface area contributed by atoms with Gasteiger partial charge in [-0.2, -0.15) is 0 Å². The van der Waals surface area contributed by atoms with Gasteiger partial charge < -0.3 is 10.1 Å². The van der Waals surface area contributed by atoms with E-state index in [1.807, 2.05) is 13.8 Å². The van der Waals surface area contributed by atoms with Gasteiger partial charge in [0.05, 0.1) is 6.04 Å². The molecular formula is C12H13ClFNO2. The van der Waals surface area contributed by atoms with Crippen LogP contribution in [0.25, 0.3) is 0 Å². The molecule has 1 amide bonds. The Morgan fingerprint density at radius 1 is 1.47 bits per heavy atom. The van der Waals surface area contributed by atoms with Crippen LogP contribution >= 0.6 is 11.6 Å². The number of carbonyl (C=O) groups is 1. The van der Waals surface area contributed by atoms with Gasteiger partial charge >= 0.3 is 6.09 Å². The number of cyclic esters (lactones) is 1. The molecule has 2 rings (SSSR count). The first-order chi connectivity index (χ1) is 7.88. The molecule has 1 aromatic carbocycles. The molecule has 5 heteroatoms. The van der Waals surface area contributed by atoms with E-state index >= 15 is 0 Å². The minimum atomic E-state index is -0.491. The summed E-state index contributed by atoms with van der Waals surface area (Å²) in [6.07, 6.45) is -0.491.